The molecule has 8 heteroatoms. The molecule has 5 nitrogen and oxygen atoms in total. The fourth-order valence-electron chi connectivity index (χ4n) is 3.52. The van der Waals surface area contributed by atoms with E-state index < -0.39 is 5.92 Å². The van der Waals surface area contributed by atoms with E-state index in [0.717, 1.165) is 0 Å². The van der Waals surface area contributed by atoms with Crippen LogP contribution in [-0.2, 0) is 0 Å². The number of hydrogen-bond donors (Lipinski definition) is 1. The Morgan fingerprint density at radius 1 is 1.04 bits per heavy atom. The van der Waals surface area contributed by atoms with Crippen molar-refractivity contribution >= 4 is 5.95 Å². The molecule has 0 unspecified atom stereocenters. The molecule has 0 radical (unpaired) electrons. The van der Waals surface area contributed by atoms with E-state index in [0.29, 0.717) is 35.5 Å². The monoisotopic (exact) mass is 373 g/mol. The van der Waals surface area contributed by atoms with Crippen molar-refractivity contribution in [3.63, 3.8) is 0 Å². The lowest BCUT2D eigenvalue weighted by Crippen LogP contribution is -2.26. The topological polar surface area (TPSA) is 69.6 Å². The highest BCUT2D eigenvalue weighted by atomic mass is 19.3. The van der Waals surface area contributed by atoms with Crippen LogP contribution >= 0.6 is 0 Å². The van der Waals surface area contributed by atoms with Gasteiger partial charge in [-0.3, -0.25) is 0 Å². The number of rotatable bonds is 3. The molecule has 1 saturated carbocycles. The average molecular weight is 373 g/mol. The molecule has 1 aliphatic carbocycles. The van der Waals surface area contributed by atoms with Crippen LogP contribution in [0.1, 0.15) is 31.7 Å². The first-order chi connectivity index (χ1) is 12.9. The van der Waals surface area contributed by atoms with Crippen molar-refractivity contribution in [3.8, 4) is 22.6 Å². The van der Waals surface area contributed by atoms with E-state index in [9.17, 15) is 13.2 Å². The van der Waals surface area contributed by atoms with Crippen molar-refractivity contribution < 1.29 is 13.2 Å². The number of aromatic nitrogens is 4. The zero-order valence-electron chi connectivity index (χ0n) is 14.4. The molecule has 0 saturated heterocycles. The second-order valence-electron chi connectivity index (χ2n) is 6.74. The van der Waals surface area contributed by atoms with Crippen molar-refractivity contribution in [2.75, 3.05) is 5.73 Å². The van der Waals surface area contributed by atoms with Gasteiger partial charge >= 0.3 is 0 Å². The number of halogens is 3. The standard InChI is InChI=1S/C19H18F3N5/c20-13-3-1-12(2-4-13)16-17(15-7-10-24-18(23)26-15)27(11-25-16)14-5-8-19(21,22)9-6-14/h1-4,7,10-11,14H,5-6,8-9H2,(H2,23,24,26). The Labute approximate surface area is 154 Å². The van der Waals surface area contributed by atoms with E-state index in [1.54, 1.807) is 30.7 Å². The van der Waals surface area contributed by atoms with Crippen LogP contribution in [0, 0.1) is 5.82 Å². The molecule has 2 aromatic heterocycles. The molecule has 27 heavy (non-hydrogen) atoms. The molecule has 2 heterocycles. The quantitative estimate of drug-likeness (QED) is 0.735. The number of nitrogens with zero attached hydrogens (tertiary/aromatic N) is 4. The normalized spacial score (nSPS) is 17.1. The highest BCUT2D eigenvalue weighted by molar-refractivity contribution is 5.77. The van der Waals surface area contributed by atoms with Crippen LogP contribution < -0.4 is 5.73 Å². The van der Waals surface area contributed by atoms with Gasteiger partial charge in [0.1, 0.15) is 5.82 Å². The minimum absolute atomic E-state index is 0.112. The van der Waals surface area contributed by atoms with Crippen LogP contribution in [0.15, 0.2) is 42.9 Å². The first-order valence-corrected chi connectivity index (χ1v) is 8.72. The van der Waals surface area contributed by atoms with E-state index in [4.69, 9.17) is 5.73 Å². The smallest absolute Gasteiger partial charge is 0.248 e. The number of benzene rings is 1. The van der Waals surface area contributed by atoms with Crippen molar-refractivity contribution in [2.45, 2.75) is 37.6 Å². The predicted molar refractivity (Wildman–Crippen MR) is 95.5 cm³/mol. The van der Waals surface area contributed by atoms with Gasteiger partial charge in [-0.05, 0) is 43.2 Å². The van der Waals surface area contributed by atoms with Gasteiger partial charge in [0.2, 0.25) is 11.9 Å². The Bertz CT molecular complexity index is 942. The number of anilines is 1. The zero-order valence-corrected chi connectivity index (χ0v) is 14.4. The summed E-state index contributed by atoms with van der Waals surface area (Å²) in [6.07, 6.45) is 3.55. The van der Waals surface area contributed by atoms with Gasteiger partial charge < -0.3 is 10.3 Å². The summed E-state index contributed by atoms with van der Waals surface area (Å²) < 4.78 is 42.4. The van der Waals surface area contributed by atoms with Crippen molar-refractivity contribution in [1.29, 1.82) is 0 Å². The van der Waals surface area contributed by atoms with E-state index >= 15 is 0 Å². The molecule has 0 aliphatic heterocycles. The van der Waals surface area contributed by atoms with Crippen LogP contribution in [0.4, 0.5) is 19.1 Å². The van der Waals surface area contributed by atoms with E-state index in [1.165, 1.54) is 12.1 Å². The van der Waals surface area contributed by atoms with Gasteiger partial charge in [0, 0.05) is 30.6 Å². The Morgan fingerprint density at radius 3 is 2.41 bits per heavy atom. The highest BCUT2D eigenvalue weighted by Gasteiger charge is 2.36. The summed E-state index contributed by atoms with van der Waals surface area (Å²) in [5.74, 6) is -2.85. The number of nitrogen functional groups attached to an aromatic ring is 1. The molecule has 1 aliphatic rings. The molecular weight excluding hydrogens is 355 g/mol. The summed E-state index contributed by atoms with van der Waals surface area (Å²) in [7, 11) is 0. The minimum atomic E-state index is -2.61. The van der Waals surface area contributed by atoms with Gasteiger partial charge in [-0.15, -0.1) is 0 Å². The fraction of sp³-hybridized carbons (Fsp3) is 0.316. The van der Waals surface area contributed by atoms with Crippen molar-refractivity contribution in [3.05, 3.63) is 48.7 Å². The third-order valence-corrected chi connectivity index (χ3v) is 4.91. The maximum atomic E-state index is 13.6. The van der Waals surface area contributed by atoms with Crippen LogP contribution in [0.5, 0.6) is 0 Å². The van der Waals surface area contributed by atoms with Gasteiger partial charge in [-0.25, -0.2) is 28.1 Å². The van der Waals surface area contributed by atoms with Crippen LogP contribution in [-0.4, -0.2) is 25.4 Å². The Morgan fingerprint density at radius 2 is 1.74 bits per heavy atom. The Hall–Kier alpha value is -2.90. The molecule has 4 rings (SSSR count). The predicted octanol–water partition coefficient (Wildman–Crippen LogP) is 4.48. The maximum absolute atomic E-state index is 13.6. The molecule has 0 spiro atoms. The summed E-state index contributed by atoms with van der Waals surface area (Å²) >= 11 is 0. The minimum Gasteiger partial charge on any atom is -0.368 e. The Balaban J connectivity index is 1.81. The maximum Gasteiger partial charge on any atom is 0.248 e. The van der Waals surface area contributed by atoms with Gasteiger partial charge in [0.15, 0.2) is 0 Å². The summed E-state index contributed by atoms with van der Waals surface area (Å²) in [6.45, 7) is 0. The first kappa shape index (κ1) is 17.5. The van der Waals surface area contributed by atoms with E-state index in [-0.39, 0.29) is 30.6 Å². The lowest BCUT2D eigenvalue weighted by Gasteiger charge is -2.30. The lowest BCUT2D eigenvalue weighted by molar-refractivity contribution is -0.0438. The molecule has 2 N–H and O–H groups in total. The lowest BCUT2D eigenvalue weighted by atomic mass is 9.91. The third kappa shape index (κ3) is 3.51. The van der Waals surface area contributed by atoms with Crippen LogP contribution in [0.25, 0.3) is 22.6 Å². The molecule has 0 bridgehead atoms. The summed E-state index contributed by atoms with van der Waals surface area (Å²) in [6, 6.07) is 7.56. The molecular formula is C19H18F3N5. The number of nitrogens with two attached hydrogens (primary N) is 1. The van der Waals surface area contributed by atoms with Crippen molar-refractivity contribution in [2.24, 2.45) is 0 Å². The fourth-order valence-corrected chi connectivity index (χ4v) is 3.52. The highest BCUT2D eigenvalue weighted by Crippen LogP contribution is 2.41. The largest absolute Gasteiger partial charge is 0.368 e. The molecule has 1 fully saturated rings. The molecule has 140 valence electrons. The molecule has 1 aromatic carbocycles. The summed E-state index contributed by atoms with van der Waals surface area (Å²) in [5, 5.41) is 0. The SMILES string of the molecule is Nc1nccc(-c2c(-c3ccc(F)cc3)ncn2C2CCC(F)(F)CC2)n1. The van der Waals surface area contributed by atoms with Gasteiger partial charge in [-0.2, -0.15) is 0 Å². The zero-order chi connectivity index (χ0) is 19.0. The summed E-state index contributed by atoms with van der Waals surface area (Å²) in [4.78, 5) is 12.7. The summed E-state index contributed by atoms with van der Waals surface area (Å²) in [5.41, 5.74) is 8.28. The van der Waals surface area contributed by atoms with Crippen LogP contribution in [0.2, 0.25) is 0 Å². The van der Waals surface area contributed by atoms with Crippen LogP contribution in [0.3, 0.4) is 0 Å². The van der Waals surface area contributed by atoms with E-state index in [2.05, 4.69) is 15.0 Å². The molecule has 0 atom stereocenters. The van der Waals surface area contributed by atoms with Gasteiger partial charge in [0.25, 0.3) is 0 Å². The second-order valence-corrected chi connectivity index (χ2v) is 6.74. The van der Waals surface area contributed by atoms with Gasteiger partial charge in [-0.1, -0.05) is 0 Å². The number of alkyl halides is 2. The Kier molecular flexibility index (Phi) is 4.33. The third-order valence-electron chi connectivity index (χ3n) is 4.91. The molecule has 3 aromatic rings. The van der Waals surface area contributed by atoms with E-state index in [1.807, 2.05) is 4.57 Å². The van der Waals surface area contributed by atoms with Crippen molar-refractivity contribution in [1.82, 2.24) is 19.5 Å². The van der Waals surface area contributed by atoms with Gasteiger partial charge in [0.05, 0.1) is 23.4 Å². The number of hydrogen-bond acceptors (Lipinski definition) is 4. The number of imidazole rings is 1. The molecule has 0 amide bonds. The second kappa shape index (κ2) is 6.68. The first-order valence-electron chi connectivity index (χ1n) is 8.72. The average Bonchev–Trinajstić information content (AvgIpc) is 3.07.